The molecule has 0 spiro atoms. The molecule has 0 aliphatic carbocycles. The Balaban J connectivity index is 2.36. The number of rotatable bonds is 5. The van der Waals surface area contributed by atoms with E-state index in [4.69, 9.17) is 4.74 Å². The number of methoxy groups -OCH3 is 1. The molecule has 1 heterocycles. The fraction of sp³-hybridized carbons (Fsp3) is 0.267. The topological polar surface area (TPSA) is 74.4 Å². The molecule has 110 valence electrons. The minimum Gasteiger partial charge on any atom is -0.466 e. The summed E-state index contributed by atoms with van der Waals surface area (Å²) in [6, 6.07) is 6.67. The highest BCUT2D eigenvalue weighted by Gasteiger charge is 2.13. The van der Waals surface area contributed by atoms with Crippen molar-refractivity contribution in [3.8, 4) is 0 Å². The molecule has 0 aliphatic heterocycles. The van der Waals surface area contributed by atoms with Gasteiger partial charge >= 0.3 is 5.97 Å². The number of nitro benzene ring substituents is 1. The lowest BCUT2D eigenvalue weighted by atomic mass is 10.2. The van der Waals surface area contributed by atoms with Crippen LogP contribution in [0.2, 0.25) is 0 Å². The first kappa shape index (κ1) is 14.8. The number of carbonyl (C=O) groups is 1. The second-order valence-corrected chi connectivity index (χ2v) is 4.51. The van der Waals surface area contributed by atoms with E-state index >= 15 is 0 Å². The van der Waals surface area contributed by atoms with Crippen LogP contribution in [0.1, 0.15) is 13.3 Å². The van der Waals surface area contributed by atoms with Crippen LogP contribution in [0.15, 0.2) is 42.1 Å². The van der Waals surface area contributed by atoms with E-state index in [0.717, 1.165) is 5.52 Å². The third-order valence-electron chi connectivity index (χ3n) is 3.35. The number of ether oxygens (including phenoxy) is 1. The number of aromatic nitrogens is 1. The van der Waals surface area contributed by atoms with Gasteiger partial charge in [-0.05, 0) is 18.6 Å². The highest BCUT2D eigenvalue weighted by atomic mass is 16.6. The summed E-state index contributed by atoms with van der Waals surface area (Å²) < 4.78 is 6.57. The molecule has 6 heteroatoms. The van der Waals surface area contributed by atoms with E-state index in [9.17, 15) is 14.9 Å². The van der Waals surface area contributed by atoms with E-state index in [2.05, 4.69) is 0 Å². The van der Waals surface area contributed by atoms with Crippen LogP contribution in [-0.4, -0.2) is 22.6 Å². The summed E-state index contributed by atoms with van der Waals surface area (Å²) in [7, 11) is 1.35. The molecule has 0 bridgehead atoms. The molecule has 0 saturated heterocycles. The Hall–Kier alpha value is -2.63. The molecule has 0 unspecified atom stereocenters. The van der Waals surface area contributed by atoms with Gasteiger partial charge in [0, 0.05) is 24.4 Å². The molecular formula is C15H16N2O4. The van der Waals surface area contributed by atoms with Crippen LogP contribution in [0.3, 0.4) is 0 Å². The van der Waals surface area contributed by atoms with Crippen molar-refractivity contribution < 1.29 is 14.5 Å². The Morgan fingerprint density at radius 2 is 2.19 bits per heavy atom. The molecule has 0 atom stereocenters. The first-order chi connectivity index (χ1) is 10.1. The van der Waals surface area contributed by atoms with Gasteiger partial charge in [0.1, 0.15) is 0 Å². The number of hydrogen-bond acceptors (Lipinski definition) is 4. The third-order valence-corrected chi connectivity index (χ3v) is 3.35. The van der Waals surface area contributed by atoms with Crippen LogP contribution in [0, 0.1) is 10.1 Å². The van der Waals surface area contributed by atoms with Crippen molar-refractivity contribution in [3.05, 3.63) is 52.2 Å². The van der Waals surface area contributed by atoms with Crippen LogP contribution in [0.25, 0.3) is 10.9 Å². The van der Waals surface area contributed by atoms with Gasteiger partial charge in [0.25, 0.3) is 5.69 Å². The van der Waals surface area contributed by atoms with Crippen LogP contribution >= 0.6 is 0 Å². The van der Waals surface area contributed by atoms with Crippen LogP contribution in [0.4, 0.5) is 5.69 Å². The van der Waals surface area contributed by atoms with Crippen LogP contribution in [-0.2, 0) is 16.1 Å². The molecule has 0 fully saturated rings. The quantitative estimate of drug-likeness (QED) is 0.367. The highest BCUT2D eigenvalue weighted by molar-refractivity contribution is 5.89. The smallest absolute Gasteiger partial charge is 0.333 e. The Morgan fingerprint density at radius 3 is 2.81 bits per heavy atom. The normalized spacial score (nSPS) is 11.6. The number of carbonyl (C=O) groups excluding carboxylic acids is 1. The van der Waals surface area contributed by atoms with Gasteiger partial charge in [-0.25, -0.2) is 4.79 Å². The summed E-state index contributed by atoms with van der Waals surface area (Å²) in [6.45, 7) is 2.34. The standard InChI is InChI=1S/C15H16N2O4/c1-3-11(15(18)21-2)7-9-16-10-8-12-13(16)5-4-6-14(12)17(19)20/h4-8,10H,3,9H2,1-2H3. The molecule has 1 aromatic heterocycles. The Morgan fingerprint density at radius 1 is 1.43 bits per heavy atom. The molecule has 0 radical (unpaired) electrons. The summed E-state index contributed by atoms with van der Waals surface area (Å²) in [5.74, 6) is -0.347. The maximum Gasteiger partial charge on any atom is 0.333 e. The number of hydrogen-bond donors (Lipinski definition) is 0. The van der Waals surface area contributed by atoms with Crippen molar-refractivity contribution in [1.82, 2.24) is 4.57 Å². The lowest BCUT2D eigenvalue weighted by Crippen LogP contribution is -2.05. The summed E-state index contributed by atoms with van der Waals surface area (Å²) >= 11 is 0. The maximum atomic E-state index is 11.5. The van der Waals surface area contributed by atoms with E-state index in [1.807, 2.05) is 17.6 Å². The molecule has 0 N–H and O–H groups in total. The van der Waals surface area contributed by atoms with Gasteiger partial charge in [-0.3, -0.25) is 10.1 Å². The minimum atomic E-state index is -0.394. The third kappa shape index (κ3) is 2.94. The van der Waals surface area contributed by atoms with E-state index in [1.165, 1.54) is 13.2 Å². The summed E-state index contributed by atoms with van der Waals surface area (Å²) in [5, 5.41) is 11.6. The van der Waals surface area contributed by atoms with Gasteiger partial charge in [0.2, 0.25) is 0 Å². The number of esters is 1. The second-order valence-electron chi connectivity index (χ2n) is 4.51. The summed E-state index contributed by atoms with van der Waals surface area (Å²) in [5.41, 5.74) is 1.43. The Kier molecular flexibility index (Phi) is 4.37. The zero-order valence-corrected chi connectivity index (χ0v) is 11.9. The molecule has 1 aromatic carbocycles. The molecule has 21 heavy (non-hydrogen) atoms. The predicted molar refractivity (Wildman–Crippen MR) is 79.0 cm³/mol. The summed E-state index contributed by atoms with van der Waals surface area (Å²) in [4.78, 5) is 22.1. The number of nitro groups is 1. The van der Waals surface area contributed by atoms with E-state index in [1.54, 1.807) is 24.4 Å². The van der Waals surface area contributed by atoms with Gasteiger partial charge in [0.15, 0.2) is 0 Å². The van der Waals surface area contributed by atoms with Crippen molar-refractivity contribution in [1.29, 1.82) is 0 Å². The van der Waals surface area contributed by atoms with Gasteiger partial charge < -0.3 is 9.30 Å². The lowest BCUT2D eigenvalue weighted by Gasteiger charge is -2.05. The monoisotopic (exact) mass is 288 g/mol. The average molecular weight is 288 g/mol. The average Bonchev–Trinajstić information content (AvgIpc) is 2.90. The van der Waals surface area contributed by atoms with E-state index in [-0.39, 0.29) is 11.7 Å². The molecule has 0 saturated carbocycles. The van der Waals surface area contributed by atoms with Gasteiger partial charge in [0.05, 0.1) is 22.9 Å². The first-order valence-electron chi connectivity index (χ1n) is 6.58. The first-order valence-corrected chi connectivity index (χ1v) is 6.58. The number of benzene rings is 1. The number of non-ortho nitro benzene ring substituents is 1. The predicted octanol–water partition coefficient (Wildman–Crippen LogP) is 3.06. The SMILES string of the molecule is CCC(=CCn1ccc2c([N+](=O)[O-])cccc21)C(=O)OC. The van der Waals surface area contributed by atoms with Gasteiger partial charge in [-0.2, -0.15) is 0 Å². The van der Waals surface area contributed by atoms with Crippen molar-refractivity contribution in [2.24, 2.45) is 0 Å². The molecule has 0 amide bonds. The Bertz CT molecular complexity index is 716. The van der Waals surface area contributed by atoms with Crippen molar-refractivity contribution in [2.75, 3.05) is 7.11 Å². The second kappa shape index (κ2) is 6.21. The maximum absolute atomic E-state index is 11.5. The molecule has 0 aliphatic rings. The minimum absolute atomic E-state index is 0.0823. The van der Waals surface area contributed by atoms with Gasteiger partial charge in [-0.15, -0.1) is 0 Å². The van der Waals surface area contributed by atoms with Crippen molar-refractivity contribution >= 4 is 22.6 Å². The molecule has 2 aromatic rings. The largest absolute Gasteiger partial charge is 0.466 e. The molecule has 6 nitrogen and oxygen atoms in total. The fourth-order valence-electron chi connectivity index (χ4n) is 2.24. The Labute approximate surface area is 121 Å². The van der Waals surface area contributed by atoms with E-state index in [0.29, 0.717) is 23.9 Å². The number of allylic oxidation sites excluding steroid dienone is 1. The molecular weight excluding hydrogens is 272 g/mol. The highest BCUT2D eigenvalue weighted by Crippen LogP contribution is 2.26. The molecule has 2 rings (SSSR count). The zero-order valence-electron chi connectivity index (χ0n) is 11.9. The lowest BCUT2D eigenvalue weighted by molar-refractivity contribution is -0.383. The fourth-order valence-corrected chi connectivity index (χ4v) is 2.24. The van der Waals surface area contributed by atoms with Crippen LogP contribution in [0.5, 0.6) is 0 Å². The summed E-state index contributed by atoms with van der Waals surface area (Å²) in [6.07, 6.45) is 4.13. The zero-order chi connectivity index (χ0) is 15.4. The van der Waals surface area contributed by atoms with Crippen molar-refractivity contribution in [3.63, 3.8) is 0 Å². The number of nitrogens with zero attached hydrogens (tertiary/aromatic N) is 2. The van der Waals surface area contributed by atoms with Crippen LogP contribution < -0.4 is 0 Å². The van der Waals surface area contributed by atoms with E-state index < -0.39 is 4.92 Å². The van der Waals surface area contributed by atoms with Crippen molar-refractivity contribution in [2.45, 2.75) is 19.9 Å². The van der Waals surface area contributed by atoms with Gasteiger partial charge in [-0.1, -0.05) is 19.1 Å². The number of fused-ring (bicyclic) bond motifs is 1.